The van der Waals surface area contributed by atoms with Gasteiger partial charge in [-0.3, -0.25) is 14.5 Å². The van der Waals surface area contributed by atoms with E-state index in [4.69, 9.17) is 0 Å². The molecule has 1 unspecified atom stereocenters. The minimum absolute atomic E-state index is 0.0611. The third-order valence-corrected chi connectivity index (χ3v) is 4.20. The number of carbonyl (C=O) groups is 2. The Bertz CT molecular complexity index is 478. The van der Waals surface area contributed by atoms with Crippen LogP contribution in [-0.4, -0.2) is 29.0 Å². The van der Waals surface area contributed by atoms with Crippen LogP contribution < -0.4 is 0 Å². The van der Waals surface area contributed by atoms with E-state index >= 15 is 0 Å². The lowest BCUT2D eigenvalue weighted by Crippen LogP contribution is -2.47. The van der Waals surface area contributed by atoms with Gasteiger partial charge >= 0.3 is 0 Å². The molecule has 4 heteroatoms. The smallest absolute Gasteiger partial charge is 0.229 e. The molecule has 1 aliphatic heterocycles. The van der Waals surface area contributed by atoms with Crippen LogP contribution in [0.25, 0.3) is 0 Å². The standard InChI is InChI=1S/C16H21NO2S/c1-16(2)8-14(18)17(15(19)9-16)10-13(11-20)12-6-4-3-5-7-12/h3-7,13,20H,8-11H2,1-2H3. The van der Waals surface area contributed by atoms with E-state index in [0.717, 1.165) is 5.56 Å². The summed E-state index contributed by atoms with van der Waals surface area (Å²) in [6.45, 7) is 4.36. The highest BCUT2D eigenvalue weighted by Crippen LogP contribution is 2.32. The second-order valence-electron chi connectivity index (χ2n) is 6.21. The van der Waals surface area contributed by atoms with E-state index in [1.807, 2.05) is 44.2 Å². The Balaban J connectivity index is 2.12. The van der Waals surface area contributed by atoms with Crippen LogP contribution in [-0.2, 0) is 9.59 Å². The van der Waals surface area contributed by atoms with E-state index in [1.54, 1.807) is 0 Å². The summed E-state index contributed by atoms with van der Waals surface area (Å²) >= 11 is 4.37. The predicted molar refractivity (Wildman–Crippen MR) is 82.8 cm³/mol. The predicted octanol–water partition coefficient (Wildman–Crippen LogP) is 2.88. The Morgan fingerprint density at radius 1 is 1.15 bits per heavy atom. The molecule has 20 heavy (non-hydrogen) atoms. The van der Waals surface area contributed by atoms with Crippen LogP contribution in [0.4, 0.5) is 0 Å². The quantitative estimate of drug-likeness (QED) is 0.684. The largest absolute Gasteiger partial charge is 0.282 e. The fourth-order valence-electron chi connectivity index (χ4n) is 2.63. The first-order valence-electron chi connectivity index (χ1n) is 6.92. The number of hydrogen-bond donors (Lipinski definition) is 1. The minimum atomic E-state index is -0.214. The molecule has 0 N–H and O–H groups in total. The van der Waals surface area contributed by atoms with Crippen LogP contribution in [0.1, 0.15) is 38.2 Å². The second kappa shape index (κ2) is 6.00. The summed E-state index contributed by atoms with van der Waals surface area (Å²) in [4.78, 5) is 25.8. The van der Waals surface area contributed by atoms with Gasteiger partial charge in [0, 0.05) is 25.3 Å². The third kappa shape index (κ3) is 3.42. The maximum Gasteiger partial charge on any atom is 0.229 e. The van der Waals surface area contributed by atoms with Crippen molar-refractivity contribution in [2.45, 2.75) is 32.6 Å². The maximum atomic E-state index is 12.2. The molecule has 1 saturated heterocycles. The molecule has 2 amide bonds. The molecule has 1 fully saturated rings. The van der Waals surface area contributed by atoms with Gasteiger partial charge in [-0.25, -0.2) is 0 Å². The monoisotopic (exact) mass is 291 g/mol. The van der Waals surface area contributed by atoms with Crippen molar-refractivity contribution in [2.24, 2.45) is 5.41 Å². The number of amides is 2. The van der Waals surface area contributed by atoms with Crippen molar-refractivity contribution in [1.29, 1.82) is 0 Å². The molecule has 1 aliphatic rings. The highest BCUT2D eigenvalue weighted by molar-refractivity contribution is 7.80. The highest BCUT2D eigenvalue weighted by Gasteiger charge is 2.38. The second-order valence-corrected chi connectivity index (χ2v) is 6.57. The number of thiol groups is 1. The summed E-state index contributed by atoms with van der Waals surface area (Å²) in [5, 5.41) is 0. The van der Waals surface area contributed by atoms with Gasteiger partial charge in [0.1, 0.15) is 0 Å². The van der Waals surface area contributed by atoms with E-state index in [-0.39, 0.29) is 23.1 Å². The molecule has 1 atom stereocenters. The molecule has 0 saturated carbocycles. The average Bonchev–Trinajstić information content (AvgIpc) is 2.38. The molecular formula is C16H21NO2S. The van der Waals surface area contributed by atoms with Crippen molar-refractivity contribution in [3.8, 4) is 0 Å². The van der Waals surface area contributed by atoms with E-state index in [1.165, 1.54) is 4.90 Å². The summed E-state index contributed by atoms with van der Waals surface area (Å²) in [5.41, 5.74) is 0.904. The Morgan fingerprint density at radius 2 is 1.70 bits per heavy atom. The molecule has 1 aromatic rings. The van der Waals surface area contributed by atoms with Gasteiger partial charge in [0.25, 0.3) is 0 Å². The molecule has 3 nitrogen and oxygen atoms in total. The molecular weight excluding hydrogens is 270 g/mol. The topological polar surface area (TPSA) is 37.4 Å². The fourth-order valence-corrected chi connectivity index (χ4v) is 2.96. The first-order chi connectivity index (χ1) is 9.43. The molecule has 1 heterocycles. The van der Waals surface area contributed by atoms with Gasteiger partial charge in [-0.15, -0.1) is 0 Å². The molecule has 108 valence electrons. The van der Waals surface area contributed by atoms with Gasteiger partial charge in [0.2, 0.25) is 11.8 Å². The molecule has 0 spiro atoms. The van der Waals surface area contributed by atoms with Crippen LogP contribution in [0, 0.1) is 5.41 Å². The summed E-state index contributed by atoms with van der Waals surface area (Å²) in [6, 6.07) is 9.93. The van der Waals surface area contributed by atoms with Gasteiger partial charge < -0.3 is 0 Å². The number of carbonyl (C=O) groups excluding carboxylic acids is 2. The Kier molecular flexibility index (Phi) is 4.53. The van der Waals surface area contributed by atoms with E-state index < -0.39 is 0 Å². The van der Waals surface area contributed by atoms with Gasteiger partial charge in [-0.05, 0) is 16.7 Å². The third-order valence-electron chi connectivity index (χ3n) is 3.76. The first-order valence-corrected chi connectivity index (χ1v) is 7.55. The normalized spacial score (nSPS) is 20.1. The number of benzene rings is 1. The zero-order chi connectivity index (χ0) is 14.8. The molecule has 0 bridgehead atoms. The number of imide groups is 1. The van der Waals surface area contributed by atoms with Crippen LogP contribution in [0.2, 0.25) is 0 Å². The Labute approximate surface area is 125 Å². The maximum absolute atomic E-state index is 12.2. The van der Waals surface area contributed by atoms with Crippen LogP contribution >= 0.6 is 12.6 Å². The summed E-state index contributed by atoms with van der Waals surface area (Å²) in [5.74, 6) is 0.585. The van der Waals surface area contributed by atoms with Gasteiger partial charge in [0.05, 0.1) is 0 Å². The number of piperidine rings is 1. The molecule has 0 aliphatic carbocycles. The van der Waals surface area contributed by atoms with Crippen molar-refractivity contribution < 1.29 is 9.59 Å². The summed E-state index contributed by atoms with van der Waals surface area (Å²) < 4.78 is 0. The molecule has 0 radical (unpaired) electrons. The van der Waals surface area contributed by atoms with Gasteiger partial charge in [0.15, 0.2) is 0 Å². The average molecular weight is 291 g/mol. The zero-order valence-corrected chi connectivity index (χ0v) is 12.9. The van der Waals surface area contributed by atoms with Gasteiger partial charge in [-0.2, -0.15) is 12.6 Å². The van der Waals surface area contributed by atoms with Crippen molar-refractivity contribution in [3.05, 3.63) is 35.9 Å². The van der Waals surface area contributed by atoms with Crippen molar-refractivity contribution in [2.75, 3.05) is 12.3 Å². The minimum Gasteiger partial charge on any atom is -0.282 e. The number of hydrogen-bond acceptors (Lipinski definition) is 3. The SMILES string of the molecule is CC1(C)CC(=O)N(CC(CS)c2ccccc2)C(=O)C1. The fraction of sp³-hybridized carbons (Fsp3) is 0.500. The first kappa shape index (κ1) is 15.1. The van der Waals surface area contributed by atoms with Crippen molar-refractivity contribution >= 4 is 24.4 Å². The number of rotatable bonds is 4. The van der Waals surface area contributed by atoms with Gasteiger partial charge in [-0.1, -0.05) is 44.2 Å². The zero-order valence-electron chi connectivity index (χ0n) is 12.0. The molecule has 1 aromatic carbocycles. The van der Waals surface area contributed by atoms with Crippen LogP contribution in [0.15, 0.2) is 30.3 Å². The van der Waals surface area contributed by atoms with E-state index in [2.05, 4.69) is 12.6 Å². The number of nitrogens with zero attached hydrogens (tertiary/aromatic N) is 1. The lowest BCUT2D eigenvalue weighted by Gasteiger charge is -2.36. The molecule has 2 rings (SSSR count). The lowest BCUT2D eigenvalue weighted by atomic mass is 9.81. The number of likely N-dealkylation sites (tertiary alicyclic amines) is 1. The summed E-state index contributed by atoms with van der Waals surface area (Å²) in [6.07, 6.45) is 0.875. The highest BCUT2D eigenvalue weighted by atomic mass is 32.1. The molecule has 0 aromatic heterocycles. The van der Waals surface area contributed by atoms with Crippen molar-refractivity contribution in [3.63, 3.8) is 0 Å². The van der Waals surface area contributed by atoms with Crippen molar-refractivity contribution in [1.82, 2.24) is 4.90 Å². The van der Waals surface area contributed by atoms with E-state index in [0.29, 0.717) is 25.1 Å². The lowest BCUT2D eigenvalue weighted by molar-refractivity contribution is -0.152. The van der Waals surface area contributed by atoms with Crippen LogP contribution in [0.5, 0.6) is 0 Å². The Hall–Kier alpha value is -1.29. The van der Waals surface area contributed by atoms with Crippen LogP contribution in [0.3, 0.4) is 0 Å². The Morgan fingerprint density at radius 3 is 2.20 bits per heavy atom. The van der Waals surface area contributed by atoms with E-state index in [9.17, 15) is 9.59 Å². The summed E-state index contributed by atoms with van der Waals surface area (Å²) in [7, 11) is 0.